The first-order valence-electron chi connectivity index (χ1n) is 9.13. The summed E-state index contributed by atoms with van der Waals surface area (Å²) in [4.78, 5) is 18.2. The predicted molar refractivity (Wildman–Crippen MR) is 123 cm³/mol. The topological polar surface area (TPSA) is 79.4 Å². The van der Waals surface area contributed by atoms with Crippen LogP contribution in [0.3, 0.4) is 0 Å². The van der Waals surface area contributed by atoms with Crippen LogP contribution in [0.25, 0.3) is 0 Å². The zero-order valence-electron chi connectivity index (χ0n) is 17.2. The number of thioether (sulfide) groups is 1. The Kier molecular flexibility index (Phi) is 6.97. The molecule has 3 rings (SSSR count). The molecule has 1 amide bonds. The second-order valence-electron chi connectivity index (χ2n) is 6.95. The SMILES string of the molecule is Cc1cc(S(=O)(=O)N(C)C)cc(NC(=O)c2ccc(SCc3cscn3)cc2)c1C. The second kappa shape index (κ2) is 9.30. The van der Waals surface area contributed by atoms with E-state index in [1.165, 1.54) is 20.2 Å². The average molecular weight is 462 g/mol. The Morgan fingerprint density at radius 1 is 1.17 bits per heavy atom. The van der Waals surface area contributed by atoms with Gasteiger partial charge in [0.05, 0.1) is 16.1 Å². The van der Waals surface area contributed by atoms with Gasteiger partial charge in [-0.15, -0.1) is 23.1 Å². The number of anilines is 1. The van der Waals surface area contributed by atoms with Crippen molar-refractivity contribution >= 4 is 44.7 Å². The lowest BCUT2D eigenvalue weighted by molar-refractivity contribution is 0.102. The number of rotatable bonds is 7. The first-order valence-corrected chi connectivity index (χ1v) is 12.5. The van der Waals surface area contributed by atoms with Crippen molar-refractivity contribution < 1.29 is 13.2 Å². The third-order valence-electron chi connectivity index (χ3n) is 4.65. The van der Waals surface area contributed by atoms with Gasteiger partial charge in [-0.3, -0.25) is 4.79 Å². The van der Waals surface area contributed by atoms with Gasteiger partial charge in [-0.05, 0) is 61.4 Å². The molecule has 0 bridgehead atoms. The largest absolute Gasteiger partial charge is 0.322 e. The number of thiazole rings is 1. The first kappa shape index (κ1) is 22.5. The number of hydrogen-bond donors (Lipinski definition) is 1. The molecule has 158 valence electrons. The summed E-state index contributed by atoms with van der Waals surface area (Å²) in [6.07, 6.45) is 0. The molecule has 1 aromatic heterocycles. The lowest BCUT2D eigenvalue weighted by Crippen LogP contribution is -2.23. The van der Waals surface area contributed by atoms with Crippen molar-refractivity contribution in [2.45, 2.75) is 29.4 Å². The van der Waals surface area contributed by atoms with Crippen molar-refractivity contribution in [3.63, 3.8) is 0 Å². The minimum Gasteiger partial charge on any atom is -0.322 e. The predicted octanol–water partition coefficient (Wildman–Crippen LogP) is 4.55. The van der Waals surface area contributed by atoms with Crippen molar-refractivity contribution in [3.8, 4) is 0 Å². The standard InChI is InChI=1S/C21H23N3O3S3/c1-14-9-19(30(26,27)24(3)4)10-20(15(14)2)23-21(25)16-5-7-18(8-6-16)29-12-17-11-28-13-22-17/h5-11,13H,12H2,1-4H3,(H,23,25). The summed E-state index contributed by atoms with van der Waals surface area (Å²) in [5, 5.41) is 4.87. The van der Waals surface area contributed by atoms with Gasteiger partial charge in [0.1, 0.15) is 0 Å². The summed E-state index contributed by atoms with van der Waals surface area (Å²) >= 11 is 3.23. The highest BCUT2D eigenvalue weighted by Crippen LogP contribution is 2.27. The Morgan fingerprint density at radius 3 is 2.47 bits per heavy atom. The summed E-state index contributed by atoms with van der Waals surface area (Å²) in [6.45, 7) is 3.68. The smallest absolute Gasteiger partial charge is 0.255 e. The van der Waals surface area contributed by atoms with Crippen LogP contribution >= 0.6 is 23.1 Å². The molecule has 0 fully saturated rings. The van der Waals surface area contributed by atoms with Crippen molar-refractivity contribution in [2.24, 2.45) is 0 Å². The molecular formula is C21H23N3O3S3. The fraction of sp³-hybridized carbons (Fsp3) is 0.238. The van der Waals surface area contributed by atoms with Gasteiger partial charge < -0.3 is 5.32 Å². The highest BCUT2D eigenvalue weighted by molar-refractivity contribution is 7.98. The maximum Gasteiger partial charge on any atom is 0.255 e. The van der Waals surface area contributed by atoms with E-state index < -0.39 is 10.0 Å². The van der Waals surface area contributed by atoms with Crippen molar-refractivity contribution in [3.05, 3.63) is 69.7 Å². The van der Waals surface area contributed by atoms with Gasteiger partial charge in [0, 0.05) is 41.4 Å². The Balaban J connectivity index is 1.76. The number of aryl methyl sites for hydroxylation is 1. The molecule has 1 N–H and O–H groups in total. The van der Waals surface area contributed by atoms with Crippen LogP contribution in [-0.4, -0.2) is 37.7 Å². The van der Waals surface area contributed by atoms with Gasteiger partial charge in [0.2, 0.25) is 10.0 Å². The lowest BCUT2D eigenvalue weighted by Gasteiger charge is -2.16. The zero-order chi connectivity index (χ0) is 21.9. The van der Waals surface area contributed by atoms with E-state index in [-0.39, 0.29) is 10.8 Å². The highest BCUT2D eigenvalue weighted by Gasteiger charge is 2.20. The van der Waals surface area contributed by atoms with Crippen molar-refractivity contribution in [1.29, 1.82) is 0 Å². The summed E-state index contributed by atoms with van der Waals surface area (Å²) in [5.74, 6) is 0.494. The number of sulfonamides is 1. The number of aromatic nitrogens is 1. The Bertz CT molecular complexity index is 1140. The van der Waals surface area contributed by atoms with Gasteiger partial charge in [-0.25, -0.2) is 17.7 Å². The Morgan fingerprint density at radius 2 is 1.87 bits per heavy atom. The monoisotopic (exact) mass is 461 g/mol. The summed E-state index contributed by atoms with van der Waals surface area (Å²) in [5.41, 5.74) is 5.46. The molecule has 2 aromatic carbocycles. The summed E-state index contributed by atoms with van der Waals surface area (Å²) in [7, 11) is -0.629. The fourth-order valence-corrected chi connectivity index (χ4v) is 5.16. The van der Waals surface area contributed by atoms with Crippen LogP contribution < -0.4 is 5.32 Å². The van der Waals surface area contributed by atoms with E-state index >= 15 is 0 Å². The number of carbonyl (C=O) groups is 1. The third-order valence-corrected chi connectivity index (χ3v) is 8.13. The molecule has 0 aliphatic heterocycles. The zero-order valence-corrected chi connectivity index (χ0v) is 19.6. The van der Waals surface area contributed by atoms with E-state index in [0.29, 0.717) is 11.3 Å². The van der Waals surface area contributed by atoms with Crippen LogP contribution in [-0.2, 0) is 15.8 Å². The molecule has 0 aliphatic carbocycles. The second-order valence-corrected chi connectivity index (χ2v) is 10.9. The number of hydrogen-bond acceptors (Lipinski definition) is 6. The van der Waals surface area contributed by atoms with Gasteiger partial charge in [0.25, 0.3) is 5.91 Å². The van der Waals surface area contributed by atoms with E-state index in [0.717, 1.165) is 31.8 Å². The number of nitrogens with zero attached hydrogens (tertiary/aromatic N) is 2. The molecule has 3 aromatic rings. The van der Waals surface area contributed by atoms with Crippen LogP contribution in [0.4, 0.5) is 5.69 Å². The average Bonchev–Trinajstić information content (AvgIpc) is 3.23. The van der Waals surface area contributed by atoms with Gasteiger partial charge in [-0.2, -0.15) is 0 Å². The third kappa shape index (κ3) is 5.10. The van der Waals surface area contributed by atoms with Crippen LogP contribution in [0.1, 0.15) is 27.2 Å². The fourth-order valence-electron chi connectivity index (χ4n) is 2.68. The molecule has 0 spiro atoms. The molecule has 6 nitrogen and oxygen atoms in total. The summed E-state index contributed by atoms with van der Waals surface area (Å²) < 4.78 is 26.1. The van der Waals surface area contributed by atoms with Crippen LogP contribution in [0.15, 0.2) is 57.1 Å². The number of amides is 1. The highest BCUT2D eigenvalue weighted by atomic mass is 32.2. The lowest BCUT2D eigenvalue weighted by atomic mass is 10.1. The minimum atomic E-state index is -3.59. The molecule has 0 radical (unpaired) electrons. The molecular weight excluding hydrogens is 438 g/mol. The maximum atomic E-state index is 12.7. The van der Waals surface area contributed by atoms with Gasteiger partial charge in [0.15, 0.2) is 0 Å². The Labute approximate surface area is 185 Å². The van der Waals surface area contributed by atoms with E-state index in [1.807, 2.05) is 36.9 Å². The van der Waals surface area contributed by atoms with E-state index in [1.54, 1.807) is 41.3 Å². The maximum absolute atomic E-state index is 12.7. The van der Waals surface area contributed by atoms with Gasteiger partial charge >= 0.3 is 0 Å². The van der Waals surface area contributed by atoms with E-state index in [9.17, 15) is 13.2 Å². The molecule has 0 unspecified atom stereocenters. The van der Waals surface area contributed by atoms with E-state index in [4.69, 9.17) is 0 Å². The van der Waals surface area contributed by atoms with Crippen LogP contribution in [0.5, 0.6) is 0 Å². The van der Waals surface area contributed by atoms with Crippen LogP contribution in [0, 0.1) is 13.8 Å². The number of carbonyl (C=O) groups excluding carboxylic acids is 1. The van der Waals surface area contributed by atoms with Crippen molar-refractivity contribution in [2.75, 3.05) is 19.4 Å². The quantitative estimate of drug-likeness (QED) is 0.522. The molecule has 0 aliphatic rings. The molecule has 0 saturated carbocycles. The number of nitrogens with one attached hydrogen (secondary N) is 1. The Hall–Kier alpha value is -2.20. The molecule has 0 saturated heterocycles. The van der Waals surface area contributed by atoms with E-state index in [2.05, 4.69) is 10.3 Å². The first-order chi connectivity index (χ1) is 14.2. The van der Waals surface area contributed by atoms with Crippen LogP contribution in [0.2, 0.25) is 0 Å². The van der Waals surface area contributed by atoms with Gasteiger partial charge in [-0.1, -0.05) is 0 Å². The molecule has 1 heterocycles. The summed E-state index contributed by atoms with van der Waals surface area (Å²) in [6, 6.07) is 10.5. The molecule has 30 heavy (non-hydrogen) atoms. The molecule has 9 heteroatoms. The minimum absolute atomic E-state index is 0.152. The normalized spacial score (nSPS) is 11.6. The number of benzene rings is 2. The molecule has 0 atom stereocenters. The van der Waals surface area contributed by atoms with Crippen molar-refractivity contribution in [1.82, 2.24) is 9.29 Å².